The second-order valence-electron chi connectivity index (χ2n) is 3.66. The topological polar surface area (TPSA) is 35.5 Å². The van der Waals surface area contributed by atoms with Crippen molar-refractivity contribution in [3.05, 3.63) is 39.0 Å². The number of benzene rings is 1. The van der Waals surface area contributed by atoms with E-state index >= 15 is 0 Å². The standard InChI is InChI=1S/C13H17BrClO3PSe/c1-3-17-19(16,18-4-2)10-13(9-15)20-12-7-5-11(14)6-8-12/h5-8,10H,3-4,9H2,1-2H3/b13-10-. The molecule has 0 saturated heterocycles. The summed E-state index contributed by atoms with van der Waals surface area (Å²) >= 11 is 9.37. The van der Waals surface area contributed by atoms with Gasteiger partial charge in [-0.2, -0.15) is 0 Å². The maximum atomic E-state index is 12.4. The fraction of sp³-hybridized carbons (Fsp3) is 0.385. The number of allylic oxidation sites excluding steroid dienone is 1. The molecule has 0 aliphatic carbocycles. The van der Waals surface area contributed by atoms with Gasteiger partial charge in [0.15, 0.2) is 0 Å². The molecule has 0 unspecified atom stereocenters. The molecule has 0 saturated carbocycles. The van der Waals surface area contributed by atoms with E-state index in [1.807, 2.05) is 24.3 Å². The summed E-state index contributed by atoms with van der Waals surface area (Å²) < 4.78 is 26.1. The third-order valence-corrected chi connectivity index (χ3v) is 7.71. The molecule has 0 amide bonds. The molecule has 0 radical (unpaired) electrons. The maximum absolute atomic E-state index is 12.4. The van der Waals surface area contributed by atoms with E-state index in [-0.39, 0.29) is 15.0 Å². The van der Waals surface area contributed by atoms with Crippen molar-refractivity contribution in [2.24, 2.45) is 0 Å². The van der Waals surface area contributed by atoms with Crippen molar-refractivity contribution >= 4 is 54.5 Å². The SMILES string of the molecule is CCOP(=O)(/C=C(/CCl)[Se]c1ccc(Br)cc1)OCC. The molecule has 20 heavy (non-hydrogen) atoms. The van der Waals surface area contributed by atoms with Crippen molar-refractivity contribution in [2.45, 2.75) is 13.8 Å². The molecule has 0 spiro atoms. The second-order valence-corrected chi connectivity index (χ2v) is 9.22. The Balaban J connectivity index is 2.89. The number of hydrogen-bond donors (Lipinski definition) is 0. The molecular weight excluding hydrogens is 429 g/mol. The van der Waals surface area contributed by atoms with Crippen LogP contribution in [0.3, 0.4) is 0 Å². The van der Waals surface area contributed by atoms with Crippen LogP contribution < -0.4 is 4.46 Å². The zero-order valence-electron chi connectivity index (χ0n) is 11.3. The second kappa shape index (κ2) is 9.42. The monoisotopic (exact) mass is 446 g/mol. The molecule has 0 N–H and O–H groups in total. The van der Waals surface area contributed by atoms with Crippen molar-refractivity contribution in [1.29, 1.82) is 0 Å². The number of halogens is 2. The van der Waals surface area contributed by atoms with Gasteiger partial charge in [0, 0.05) is 0 Å². The van der Waals surface area contributed by atoms with Gasteiger partial charge in [-0.05, 0) is 0 Å². The molecule has 0 aliphatic rings. The summed E-state index contributed by atoms with van der Waals surface area (Å²) in [5.74, 6) is 1.90. The molecule has 1 aromatic rings. The number of rotatable bonds is 8. The molecule has 0 bridgehead atoms. The fourth-order valence-corrected chi connectivity index (χ4v) is 6.03. The van der Waals surface area contributed by atoms with Gasteiger partial charge in [0.1, 0.15) is 0 Å². The van der Waals surface area contributed by atoms with E-state index in [4.69, 9.17) is 20.6 Å². The third-order valence-electron chi connectivity index (χ3n) is 2.11. The van der Waals surface area contributed by atoms with Crippen LogP contribution in [0.4, 0.5) is 0 Å². The molecule has 0 aromatic heterocycles. The molecular formula is C13H17BrClO3PSe. The first kappa shape index (κ1) is 18.4. The van der Waals surface area contributed by atoms with Crippen molar-refractivity contribution in [2.75, 3.05) is 19.1 Å². The summed E-state index contributed by atoms with van der Waals surface area (Å²) in [4.78, 5) is 0. The zero-order valence-corrected chi connectivity index (χ0v) is 16.3. The summed E-state index contributed by atoms with van der Waals surface area (Å²) in [5.41, 5.74) is 0. The first-order chi connectivity index (χ1) is 9.53. The van der Waals surface area contributed by atoms with Gasteiger partial charge >= 0.3 is 140 Å². The summed E-state index contributed by atoms with van der Waals surface area (Å²) in [5, 5.41) is 0. The van der Waals surface area contributed by atoms with Crippen LogP contribution in [0.25, 0.3) is 0 Å². The molecule has 0 aliphatic heterocycles. The van der Waals surface area contributed by atoms with Gasteiger partial charge in [-0.25, -0.2) is 0 Å². The Kier molecular flexibility index (Phi) is 8.69. The summed E-state index contributed by atoms with van der Waals surface area (Å²) in [6, 6.07) is 8.01. The van der Waals surface area contributed by atoms with Crippen molar-refractivity contribution in [3.63, 3.8) is 0 Å². The molecule has 0 atom stereocenters. The molecule has 1 rings (SSSR count). The molecule has 0 fully saturated rings. The van der Waals surface area contributed by atoms with Crippen LogP contribution >= 0.6 is 35.1 Å². The van der Waals surface area contributed by atoms with Crippen LogP contribution in [0.15, 0.2) is 39.0 Å². The quantitative estimate of drug-likeness (QED) is 0.342. The Morgan fingerprint density at radius 3 is 2.30 bits per heavy atom. The molecule has 1 aromatic carbocycles. The number of hydrogen-bond acceptors (Lipinski definition) is 3. The first-order valence-corrected chi connectivity index (χ1v) is 10.8. The average molecular weight is 447 g/mol. The molecule has 0 heterocycles. The van der Waals surface area contributed by atoms with Crippen LogP contribution in [0, 0.1) is 0 Å². The Bertz CT molecular complexity index is 483. The van der Waals surface area contributed by atoms with Gasteiger partial charge in [0.25, 0.3) is 0 Å². The van der Waals surface area contributed by atoms with Gasteiger partial charge in [-0.1, -0.05) is 0 Å². The predicted molar refractivity (Wildman–Crippen MR) is 89.2 cm³/mol. The van der Waals surface area contributed by atoms with Gasteiger partial charge in [0.2, 0.25) is 0 Å². The molecule has 7 heteroatoms. The van der Waals surface area contributed by atoms with Crippen molar-refractivity contribution in [1.82, 2.24) is 0 Å². The van der Waals surface area contributed by atoms with Gasteiger partial charge in [-0.15, -0.1) is 0 Å². The van der Waals surface area contributed by atoms with Crippen LogP contribution in [0.2, 0.25) is 0 Å². The zero-order chi connectivity index (χ0) is 15.0. The van der Waals surface area contributed by atoms with E-state index in [9.17, 15) is 4.57 Å². The van der Waals surface area contributed by atoms with E-state index in [2.05, 4.69) is 15.9 Å². The van der Waals surface area contributed by atoms with E-state index < -0.39 is 7.60 Å². The summed E-state index contributed by atoms with van der Waals surface area (Å²) in [6.07, 6.45) is 0. The minimum absolute atomic E-state index is 0.00626. The van der Waals surface area contributed by atoms with Crippen LogP contribution in [0.5, 0.6) is 0 Å². The molecule has 112 valence electrons. The number of alkyl halides is 1. The Labute approximate surface area is 139 Å². The van der Waals surface area contributed by atoms with Gasteiger partial charge < -0.3 is 0 Å². The van der Waals surface area contributed by atoms with Crippen LogP contribution in [0.1, 0.15) is 13.8 Å². The Morgan fingerprint density at radius 1 is 1.30 bits per heavy atom. The van der Waals surface area contributed by atoms with Gasteiger partial charge in [0.05, 0.1) is 0 Å². The normalized spacial score (nSPS) is 12.7. The first-order valence-electron chi connectivity index (χ1n) is 6.13. The van der Waals surface area contributed by atoms with E-state index in [0.717, 1.165) is 13.4 Å². The third kappa shape index (κ3) is 6.44. The Hall–Kier alpha value is 0.399. The van der Waals surface area contributed by atoms with E-state index in [1.165, 1.54) is 0 Å². The van der Waals surface area contributed by atoms with Crippen molar-refractivity contribution in [3.8, 4) is 0 Å². The summed E-state index contributed by atoms with van der Waals surface area (Å²) in [6.45, 7) is 4.27. The molecule has 3 nitrogen and oxygen atoms in total. The fourth-order valence-electron chi connectivity index (χ4n) is 1.39. The van der Waals surface area contributed by atoms with Crippen LogP contribution in [-0.2, 0) is 13.6 Å². The predicted octanol–water partition coefficient (Wildman–Crippen LogP) is 4.12. The summed E-state index contributed by atoms with van der Waals surface area (Å²) in [7, 11) is -3.18. The Morgan fingerprint density at radius 2 is 1.85 bits per heavy atom. The van der Waals surface area contributed by atoms with E-state index in [1.54, 1.807) is 19.7 Å². The average Bonchev–Trinajstić information content (AvgIpc) is 2.41. The minimum atomic E-state index is -3.18. The van der Waals surface area contributed by atoms with E-state index in [0.29, 0.717) is 19.1 Å². The van der Waals surface area contributed by atoms with Crippen LogP contribution in [-0.4, -0.2) is 34.1 Å². The van der Waals surface area contributed by atoms with Gasteiger partial charge in [-0.3, -0.25) is 0 Å². The van der Waals surface area contributed by atoms with Crippen molar-refractivity contribution < 1.29 is 13.6 Å².